The van der Waals surface area contributed by atoms with Crippen molar-refractivity contribution < 1.29 is 0 Å². The molecule has 0 fully saturated rings. The molecule has 0 saturated carbocycles. The van der Waals surface area contributed by atoms with Crippen LogP contribution in [0.3, 0.4) is 0 Å². The van der Waals surface area contributed by atoms with Gasteiger partial charge in [0.1, 0.15) is 0 Å². The van der Waals surface area contributed by atoms with Crippen LogP contribution in [0.15, 0.2) is 91.1 Å². The third kappa shape index (κ3) is 2.89. The Morgan fingerprint density at radius 1 is 0.679 bits per heavy atom. The van der Waals surface area contributed by atoms with Crippen LogP contribution < -0.4 is 0 Å². The molecule has 2 aromatic heterocycles. The second-order valence-electron chi connectivity index (χ2n) is 7.03. The first-order valence-corrected chi connectivity index (χ1v) is 9.49. The lowest BCUT2D eigenvalue weighted by atomic mass is 10.1. The Balaban J connectivity index is 1.56. The van der Waals surface area contributed by atoms with Gasteiger partial charge in [0, 0.05) is 28.4 Å². The first-order chi connectivity index (χ1) is 13.8. The van der Waals surface area contributed by atoms with Crippen molar-refractivity contribution in [3.05, 3.63) is 108 Å². The van der Waals surface area contributed by atoms with Crippen molar-refractivity contribution in [2.24, 2.45) is 0 Å². The minimum absolute atomic E-state index is 1.03. The first-order valence-electron chi connectivity index (χ1n) is 9.49. The fourth-order valence-electron chi connectivity index (χ4n) is 3.80. The monoisotopic (exact) mass is 360 g/mol. The molecule has 0 N–H and O–H groups in total. The number of hydrogen-bond donors (Lipinski definition) is 0. The van der Waals surface area contributed by atoms with Gasteiger partial charge in [-0.2, -0.15) is 0 Å². The van der Waals surface area contributed by atoms with E-state index in [9.17, 15) is 0 Å². The molecule has 0 aliphatic heterocycles. The Labute approximate surface area is 164 Å². The molecule has 134 valence electrons. The van der Waals surface area contributed by atoms with Gasteiger partial charge < -0.3 is 4.57 Å². The molecule has 0 radical (unpaired) electrons. The first kappa shape index (κ1) is 16.5. The van der Waals surface area contributed by atoms with Crippen LogP contribution in [0, 0.1) is 6.92 Å². The number of fused-ring (bicyclic) bond motifs is 3. The average molecular weight is 360 g/mol. The number of aromatic nitrogens is 2. The highest BCUT2D eigenvalue weighted by molar-refractivity contribution is 6.09. The van der Waals surface area contributed by atoms with Gasteiger partial charge in [-0.15, -0.1) is 0 Å². The number of aryl methyl sites for hydroxylation is 1. The van der Waals surface area contributed by atoms with Gasteiger partial charge in [-0.05, 0) is 54.4 Å². The molecule has 2 heterocycles. The van der Waals surface area contributed by atoms with Crippen molar-refractivity contribution in [3.63, 3.8) is 0 Å². The van der Waals surface area contributed by atoms with Crippen LogP contribution in [-0.2, 0) is 0 Å². The zero-order valence-corrected chi connectivity index (χ0v) is 15.7. The molecule has 0 spiro atoms. The quantitative estimate of drug-likeness (QED) is 0.352. The minimum Gasteiger partial charge on any atom is -0.309 e. The van der Waals surface area contributed by atoms with Crippen molar-refractivity contribution in [1.29, 1.82) is 0 Å². The lowest BCUT2D eigenvalue weighted by Crippen LogP contribution is -1.93. The number of hydrogen-bond acceptors (Lipinski definition) is 1. The highest BCUT2D eigenvalue weighted by Gasteiger charge is 2.10. The lowest BCUT2D eigenvalue weighted by Gasteiger charge is -2.08. The SMILES string of the molecule is Cc1cc(/C=C/c2ccc(-n3c4ccccc4c4ccccc43)cc2)ccn1. The molecule has 0 amide bonds. The van der Waals surface area contributed by atoms with E-state index in [1.54, 1.807) is 0 Å². The molecule has 0 bridgehead atoms. The Kier molecular flexibility index (Phi) is 4.02. The highest BCUT2D eigenvalue weighted by atomic mass is 15.0. The molecule has 0 atom stereocenters. The van der Waals surface area contributed by atoms with Crippen LogP contribution in [0.4, 0.5) is 0 Å². The van der Waals surface area contributed by atoms with E-state index >= 15 is 0 Å². The third-order valence-electron chi connectivity index (χ3n) is 5.12. The number of nitrogens with zero attached hydrogens (tertiary/aromatic N) is 2. The van der Waals surface area contributed by atoms with Crippen LogP contribution in [0.25, 0.3) is 39.6 Å². The Bertz CT molecular complexity index is 1250. The predicted molar refractivity (Wildman–Crippen MR) is 119 cm³/mol. The summed E-state index contributed by atoms with van der Waals surface area (Å²) < 4.78 is 2.34. The summed E-state index contributed by atoms with van der Waals surface area (Å²) in [7, 11) is 0. The van der Waals surface area contributed by atoms with E-state index in [0.29, 0.717) is 0 Å². The van der Waals surface area contributed by atoms with Crippen molar-refractivity contribution in [2.45, 2.75) is 6.92 Å². The maximum Gasteiger partial charge on any atom is 0.0541 e. The number of rotatable bonds is 3. The maximum atomic E-state index is 4.25. The molecule has 2 heteroatoms. The van der Waals surface area contributed by atoms with E-state index in [0.717, 1.165) is 5.69 Å². The molecule has 2 nitrogen and oxygen atoms in total. The summed E-state index contributed by atoms with van der Waals surface area (Å²) in [6.45, 7) is 2.01. The van der Waals surface area contributed by atoms with Gasteiger partial charge >= 0.3 is 0 Å². The summed E-state index contributed by atoms with van der Waals surface area (Å²) in [6.07, 6.45) is 6.12. The summed E-state index contributed by atoms with van der Waals surface area (Å²) in [5.74, 6) is 0. The summed E-state index contributed by atoms with van der Waals surface area (Å²) in [6, 6.07) is 30.0. The van der Waals surface area contributed by atoms with Gasteiger partial charge in [0.2, 0.25) is 0 Å². The number of para-hydroxylation sites is 2. The molecule has 5 rings (SSSR count). The van der Waals surface area contributed by atoms with Gasteiger partial charge in [0.05, 0.1) is 11.0 Å². The zero-order chi connectivity index (χ0) is 18.9. The summed E-state index contributed by atoms with van der Waals surface area (Å²) >= 11 is 0. The second kappa shape index (κ2) is 6.82. The van der Waals surface area contributed by atoms with Crippen LogP contribution in [0.1, 0.15) is 16.8 Å². The topological polar surface area (TPSA) is 17.8 Å². The molecule has 5 aromatic rings. The van der Waals surface area contributed by atoms with Crippen molar-refractivity contribution in [2.75, 3.05) is 0 Å². The molecule has 0 saturated heterocycles. The van der Waals surface area contributed by atoms with Crippen LogP contribution in [0.2, 0.25) is 0 Å². The smallest absolute Gasteiger partial charge is 0.0541 e. The van der Waals surface area contributed by atoms with Crippen LogP contribution >= 0.6 is 0 Å². The average Bonchev–Trinajstić information content (AvgIpc) is 3.07. The fraction of sp³-hybridized carbons (Fsp3) is 0.0385. The highest BCUT2D eigenvalue weighted by Crippen LogP contribution is 2.31. The van der Waals surface area contributed by atoms with Gasteiger partial charge in [-0.1, -0.05) is 60.7 Å². The number of pyridine rings is 1. The molecule has 28 heavy (non-hydrogen) atoms. The van der Waals surface area contributed by atoms with E-state index in [1.165, 1.54) is 38.6 Å². The van der Waals surface area contributed by atoms with E-state index in [1.807, 2.05) is 19.2 Å². The largest absolute Gasteiger partial charge is 0.309 e. The second-order valence-corrected chi connectivity index (χ2v) is 7.03. The van der Waals surface area contributed by atoms with E-state index in [-0.39, 0.29) is 0 Å². The molecule has 0 unspecified atom stereocenters. The molecule has 0 aliphatic rings. The fourth-order valence-corrected chi connectivity index (χ4v) is 3.80. The van der Waals surface area contributed by atoms with Gasteiger partial charge in [0.25, 0.3) is 0 Å². The summed E-state index contributed by atoms with van der Waals surface area (Å²) in [5.41, 5.74) is 7.02. The van der Waals surface area contributed by atoms with Gasteiger partial charge in [0.15, 0.2) is 0 Å². The molecular formula is C26H20N2. The molecule has 3 aromatic carbocycles. The Hall–Kier alpha value is -3.65. The van der Waals surface area contributed by atoms with E-state index < -0.39 is 0 Å². The zero-order valence-electron chi connectivity index (χ0n) is 15.7. The Morgan fingerprint density at radius 2 is 1.29 bits per heavy atom. The van der Waals surface area contributed by atoms with Crippen molar-refractivity contribution >= 4 is 34.0 Å². The Morgan fingerprint density at radius 3 is 1.93 bits per heavy atom. The maximum absolute atomic E-state index is 4.25. The summed E-state index contributed by atoms with van der Waals surface area (Å²) in [4.78, 5) is 4.25. The summed E-state index contributed by atoms with van der Waals surface area (Å²) in [5, 5.41) is 2.57. The predicted octanol–water partition coefficient (Wildman–Crippen LogP) is 6.66. The van der Waals surface area contributed by atoms with E-state index in [2.05, 4.69) is 101 Å². The van der Waals surface area contributed by atoms with Crippen molar-refractivity contribution in [3.8, 4) is 5.69 Å². The lowest BCUT2D eigenvalue weighted by molar-refractivity contribution is 1.18. The van der Waals surface area contributed by atoms with Crippen LogP contribution in [0.5, 0.6) is 0 Å². The van der Waals surface area contributed by atoms with Gasteiger partial charge in [-0.3, -0.25) is 4.98 Å². The minimum atomic E-state index is 1.03. The van der Waals surface area contributed by atoms with Crippen LogP contribution in [-0.4, -0.2) is 9.55 Å². The van der Waals surface area contributed by atoms with E-state index in [4.69, 9.17) is 0 Å². The van der Waals surface area contributed by atoms with Crippen molar-refractivity contribution in [1.82, 2.24) is 9.55 Å². The standard InChI is InChI=1S/C26H20N2/c1-19-18-21(16-17-27-19)11-10-20-12-14-22(15-13-20)28-25-8-4-2-6-23(25)24-7-3-5-9-26(24)28/h2-18H,1H3/b11-10+. The normalized spacial score (nSPS) is 11.6. The third-order valence-corrected chi connectivity index (χ3v) is 5.12. The molecule has 0 aliphatic carbocycles. The van der Waals surface area contributed by atoms with Gasteiger partial charge in [-0.25, -0.2) is 0 Å². The molecular weight excluding hydrogens is 340 g/mol. The number of benzene rings is 3.